The van der Waals surface area contributed by atoms with E-state index in [1.807, 2.05) is 31.3 Å². The molecule has 100 valence electrons. The fourth-order valence-electron chi connectivity index (χ4n) is 1.80. The molecule has 2 rings (SSSR count). The molecular weight excluding hydrogens is 260 g/mol. The Kier molecular flexibility index (Phi) is 4.77. The van der Waals surface area contributed by atoms with Gasteiger partial charge in [-0.25, -0.2) is 0 Å². The number of nitrogens with one attached hydrogen (secondary N) is 1. The number of aromatic nitrogens is 1. The molecule has 0 amide bonds. The summed E-state index contributed by atoms with van der Waals surface area (Å²) in [6, 6.07) is 10.1. The van der Waals surface area contributed by atoms with Crippen molar-refractivity contribution in [1.29, 1.82) is 0 Å². The van der Waals surface area contributed by atoms with E-state index in [0.717, 1.165) is 16.9 Å². The smallest absolute Gasteiger partial charge is 0.124 e. The number of rotatable bonds is 5. The monoisotopic (exact) mass is 276 g/mol. The molecule has 1 atom stereocenters. The molecular formula is C15H17ClN2O. The van der Waals surface area contributed by atoms with Crippen LogP contribution in [0.5, 0.6) is 5.75 Å². The Hall–Kier alpha value is -1.58. The largest absolute Gasteiger partial charge is 0.489 e. The fraction of sp³-hybridized carbons (Fsp3) is 0.267. The lowest BCUT2D eigenvalue weighted by Crippen LogP contribution is -2.13. The lowest BCUT2D eigenvalue weighted by atomic mass is 10.1. The van der Waals surface area contributed by atoms with Crippen molar-refractivity contribution in [1.82, 2.24) is 10.3 Å². The first kappa shape index (κ1) is 13.8. The summed E-state index contributed by atoms with van der Waals surface area (Å²) < 4.78 is 5.87. The van der Waals surface area contributed by atoms with E-state index in [9.17, 15) is 0 Å². The second-order valence-corrected chi connectivity index (χ2v) is 4.71. The van der Waals surface area contributed by atoms with Gasteiger partial charge in [-0.1, -0.05) is 29.8 Å². The van der Waals surface area contributed by atoms with Crippen LogP contribution in [0.1, 0.15) is 24.1 Å². The summed E-state index contributed by atoms with van der Waals surface area (Å²) in [6.45, 7) is 2.54. The number of nitrogens with zero attached hydrogens (tertiary/aromatic N) is 1. The maximum absolute atomic E-state index is 6.07. The quantitative estimate of drug-likeness (QED) is 0.906. The molecule has 4 heteroatoms. The van der Waals surface area contributed by atoms with Crippen LogP contribution in [0, 0.1) is 0 Å². The van der Waals surface area contributed by atoms with Crippen LogP contribution in [0.25, 0.3) is 0 Å². The zero-order valence-corrected chi connectivity index (χ0v) is 11.8. The standard InChI is InChI=1S/C15H17ClN2O/c1-11(17-2)13-5-3-4-6-15(13)19-10-12-7-8-18-9-14(12)16/h3-9,11,17H,10H2,1-2H3. The molecule has 1 aromatic carbocycles. The predicted molar refractivity (Wildman–Crippen MR) is 77.5 cm³/mol. The number of hydrogen-bond donors (Lipinski definition) is 1. The molecule has 0 aliphatic carbocycles. The van der Waals surface area contributed by atoms with Gasteiger partial charge in [0.15, 0.2) is 0 Å². The van der Waals surface area contributed by atoms with E-state index in [1.165, 1.54) is 0 Å². The number of hydrogen-bond acceptors (Lipinski definition) is 3. The minimum atomic E-state index is 0.240. The van der Waals surface area contributed by atoms with Crippen LogP contribution in [0.2, 0.25) is 5.02 Å². The maximum atomic E-state index is 6.07. The molecule has 1 heterocycles. The van der Waals surface area contributed by atoms with E-state index < -0.39 is 0 Å². The molecule has 3 nitrogen and oxygen atoms in total. The highest BCUT2D eigenvalue weighted by molar-refractivity contribution is 6.31. The topological polar surface area (TPSA) is 34.1 Å². The molecule has 0 radical (unpaired) electrons. The SMILES string of the molecule is CNC(C)c1ccccc1OCc1ccncc1Cl. The van der Waals surface area contributed by atoms with Crippen molar-refractivity contribution in [3.8, 4) is 5.75 Å². The third kappa shape index (κ3) is 3.46. The van der Waals surface area contributed by atoms with E-state index >= 15 is 0 Å². The van der Waals surface area contributed by atoms with E-state index in [4.69, 9.17) is 16.3 Å². The van der Waals surface area contributed by atoms with Crippen molar-refractivity contribution < 1.29 is 4.74 Å². The van der Waals surface area contributed by atoms with Gasteiger partial charge in [-0.05, 0) is 26.1 Å². The molecule has 0 saturated carbocycles. The number of pyridine rings is 1. The summed E-state index contributed by atoms with van der Waals surface area (Å²) in [6.07, 6.45) is 3.34. The Labute approximate surface area is 118 Å². The Morgan fingerprint density at radius 2 is 2.11 bits per heavy atom. The molecule has 0 saturated heterocycles. The lowest BCUT2D eigenvalue weighted by molar-refractivity contribution is 0.300. The minimum absolute atomic E-state index is 0.240. The van der Waals surface area contributed by atoms with Gasteiger partial charge >= 0.3 is 0 Å². The fourth-order valence-corrected chi connectivity index (χ4v) is 1.98. The summed E-state index contributed by atoms with van der Waals surface area (Å²) in [5, 5.41) is 3.84. The maximum Gasteiger partial charge on any atom is 0.124 e. The van der Waals surface area contributed by atoms with Gasteiger partial charge in [-0.3, -0.25) is 4.98 Å². The number of ether oxygens (including phenoxy) is 1. The highest BCUT2D eigenvalue weighted by Gasteiger charge is 2.09. The van der Waals surface area contributed by atoms with Gasteiger partial charge in [-0.15, -0.1) is 0 Å². The molecule has 0 fully saturated rings. The summed E-state index contributed by atoms with van der Waals surface area (Å²) in [5.41, 5.74) is 2.07. The van der Waals surface area contributed by atoms with E-state index in [-0.39, 0.29) is 6.04 Å². The molecule has 0 bridgehead atoms. The van der Waals surface area contributed by atoms with E-state index in [2.05, 4.69) is 23.3 Å². The average molecular weight is 277 g/mol. The second-order valence-electron chi connectivity index (χ2n) is 4.30. The lowest BCUT2D eigenvalue weighted by Gasteiger charge is -2.16. The Bertz CT molecular complexity index is 545. The summed E-state index contributed by atoms with van der Waals surface area (Å²) >= 11 is 6.07. The average Bonchev–Trinajstić information content (AvgIpc) is 2.46. The van der Waals surface area contributed by atoms with Crippen molar-refractivity contribution in [3.05, 3.63) is 58.9 Å². The van der Waals surface area contributed by atoms with Crippen molar-refractivity contribution in [2.75, 3.05) is 7.05 Å². The summed E-state index contributed by atoms with van der Waals surface area (Å²) in [4.78, 5) is 3.96. The minimum Gasteiger partial charge on any atom is -0.489 e. The zero-order valence-electron chi connectivity index (χ0n) is 11.1. The van der Waals surface area contributed by atoms with E-state index in [1.54, 1.807) is 12.4 Å². The summed E-state index contributed by atoms with van der Waals surface area (Å²) in [7, 11) is 1.93. The van der Waals surface area contributed by atoms with E-state index in [0.29, 0.717) is 11.6 Å². The van der Waals surface area contributed by atoms with Crippen LogP contribution in [0.3, 0.4) is 0 Å². The van der Waals surface area contributed by atoms with Crippen LogP contribution in [0.4, 0.5) is 0 Å². The van der Waals surface area contributed by atoms with Crippen molar-refractivity contribution in [2.24, 2.45) is 0 Å². The van der Waals surface area contributed by atoms with Crippen LogP contribution >= 0.6 is 11.6 Å². The second kappa shape index (κ2) is 6.55. The first-order valence-corrected chi connectivity index (χ1v) is 6.57. The molecule has 0 aliphatic heterocycles. The summed E-state index contributed by atoms with van der Waals surface area (Å²) in [5.74, 6) is 0.872. The van der Waals surface area contributed by atoms with Crippen LogP contribution in [-0.4, -0.2) is 12.0 Å². The van der Waals surface area contributed by atoms with Crippen LogP contribution < -0.4 is 10.1 Å². The highest BCUT2D eigenvalue weighted by Crippen LogP contribution is 2.26. The molecule has 1 N–H and O–H groups in total. The molecule has 0 spiro atoms. The van der Waals surface area contributed by atoms with Crippen molar-refractivity contribution in [2.45, 2.75) is 19.6 Å². The van der Waals surface area contributed by atoms with Gasteiger partial charge < -0.3 is 10.1 Å². The number of para-hydroxylation sites is 1. The Morgan fingerprint density at radius 3 is 2.84 bits per heavy atom. The number of halogens is 1. The first-order valence-electron chi connectivity index (χ1n) is 6.19. The molecule has 1 unspecified atom stereocenters. The Morgan fingerprint density at radius 1 is 1.32 bits per heavy atom. The zero-order chi connectivity index (χ0) is 13.7. The van der Waals surface area contributed by atoms with Crippen LogP contribution in [-0.2, 0) is 6.61 Å². The van der Waals surface area contributed by atoms with Crippen LogP contribution in [0.15, 0.2) is 42.7 Å². The molecule has 0 aliphatic rings. The molecule has 19 heavy (non-hydrogen) atoms. The normalized spacial score (nSPS) is 12.2. The molecule has 2 aromatic rings. The van der Waals surface area contributed by atoms with Gasteiger partial charge in [0.2, 0.25) is 0 Å². The highest BCUT2D eigenvalue weighted by atomic mass is 35.5. The Balaban J connectivity index is 2.14. The molecule has 1 aromatic heterocycles. The van der Waals surface area contributed by atoms with Gasteiger partial charge in [0.05, 0.1) is 5.02 Å². The van der Waals surface area contributed by atoms with Gasteiger partial charge in [0, 0.05) is 29.6 Å². The third-order valence-corrected chi connectivity index (χ3v) is 3.40. The van der Waals surface area contributed by atoms with Crippen molar-refractivity contribution >= 4 is 11.6 Å². The van der Waals surface area contributed by atoms with Crippen molar-refractivity contribution in [3.63, 3.8) is 0 Å². The van der Waals surface area contributed by atoms with Gasteiger partial charge in [-0.2, -0.15) is 0 Å². The third-order valence-electron chi connectivity index (χ3n) is 3.06. The predicted octanol–water partition coefficient (Wildman–Crippen LogP) is 3.59. The van der Waals surface area contributed by atoms with Gasteiger partial charge in [0.1, 0.15) is 12.4 Å². The number of benzene rings is 1. The van der Waals surface area contributed by atoms with Gasteiger partial charge in [0.25, 0.3) is 0 Å². The first-order chi connectivity index (χ1) is 9.22.